The molecule has 0 amide bonds. The number of aryl methyl sites for hydroxylation is 1. The zero-order valence-electron chi connectivity index (χ0n) is 13.7. The van der Waals surface area contributed by atoms with Crippen molar-refractivity contribution in [3.05, 3.63) is 47.4 Å². The number of ether oxygens (including phenoxy) is 3. The van der Waals surface area contributed by atoms with Crippen LogP contribution in [0.2, 0.25) is 0 Å². The SMILES string of the molecule is CCc1ccc(C=CC(=O)c2cc(OC)c(OC)c(OC)c2)o1. The van der Waals surface area contributed by atoms with Crippen molar-refractivity contribution < 1.29 is 23.4 Å². The van der Waals surface area contributed by atoms with E-state index in [1.165, 1.54) is 27.4 Å². The van der Waals surface area contributed by atoms with E-state index in [4.69, 9.17) is 18.6 Å². The van der Waals surface area contributed by atoms with Crippen molar-refractivity contribution in [3.63, 3.8) is 0 Å². The van der Waals surface area contributed by atoms with Crippen LogP contribution in [0.4, 0.5) is 0 Å². The first-order chi connectivity index (χ1) is 11.1. The average molecular weight is 316 g/mol. The molecule has 122 valence electrons. The molecule has 2 aromatic rings. The highest BCUT2D eigenvalue weighted by molar-refractivity contribution is 6.07. The van der Waals surface area contributed by atoms with Gasteiger partial charge >= 0.3 is 0 Å². The Morgan fingerprint density at radius 1 is 1.09 bits per heavy atom. The Bertz CT molecular complexity index is 687. The van der Waals surface area contributed by atoms with Crippen LogP contribution in [0.5, 0.6) is 17.2 Å². The van der Waals surface area contributed by atoms with Gasteiger partial charge in [-0.05, 0) is 36.4 Å². The van der Waals surface area contributed by atoms with Gasteiger partial charge in [0, 0.05) is 12.0 Å². The van der Waals surface area contributed by atoms with Gasteiger partial charge in [-0.2, -0.15) is 0 Å². The number of furan rings is 1. The molecule has 0 aliphatic heterocycles. The predicted molar refractivity (Wildman–Crippen MR) is 87.5 cm³/mol. The highest BCUT2D eigenvalue weighted by Gasteiger charge is 2.15. The molecule has 5 nitrogen and oxygen atoms in total. The molecule has 5 heteroatoms. The van der Waals surface area contributed by atoms with Gasteiger partial charge in [-0.15, -0.1) is 0 Å². The van der Waals surface area contributed by atoms with E-state index in [9.17, 15) is 4.79 Å². The maximum absolute atomic E-state index is 12.3. The summed E-state index contributed by atoms with van der Waals surface area (Å²) >= 11 is 0. The molecule has 1 aromatic heterocycles. The normalized spacial score (nSPS) is 10.8. The number of methoxy groups -OCH3 is 3. The summed E-state index contributed by atoms with van der Waals surface area (Å²) in [5.41, 5.74) is 0.443. The van der Waals surface area contributed by atoms with Crippen LogP contribution in [-0.2, 0) is 6.42 Å². The van der Waals surface area contributed by atoms with Gasteiger partial charge in [0.1, 0.15) is 11.5 Å². The van der Waals surface area contributed by atoms with Crippen molar-refractivity contribution in [3.8, 4) is 17.2 Å². The van der Waals surface area contributed by atoms with E-state index in [-0.39, 0.29) is 5.78 Å². The minimum Gasteiger partial charge on any atom is -0.493 e. The lowest BCUT2D eigenvalue weighted by atomic mass is 10.1. The van der Waals surface area contributed by atoms with Crippen LogP contribution in [0.25, 0.3) is 6.08 Å². The zero-order chi connectivity index (χ0) is 16.8. The second-order valence-corrected chi connectivity index (χ2v) is 4.77. The van der Waals surface area contributed by atoms with Gasteiger partial charge in [0.15, 0.2) is 17.3 Å². The number of hydrogen-bond donors (Lipinski definition) is 0. The molecule has 0 fully saturated rings. The molecule has 23 heavy (non-hydrogen) atoms. The van der Waals surface area contributed by atoms with Crippen molar-refractivity contribution in [1.82, 2.24) is 0 Å². The van der Waals surface area contributed by atoms with E-state index in [0.29, 0.717) is 28.6 Å². The first kappa shape index (κ1) is 16.7. The van der Waals surface area contributed by atoms with Gasteiger partial charge < -0.3 is 18.6 Å². The van der Waals surface area contributed by atoms with Crippen molar-refractivity contribution in [2.75, 3.05) is 21.3 Å². The van der Waals surface area contributed by atoms with Gasteiger partial charge in [0.05, 0.1) is 21.3 Å². The minimum atomic E-state index is -0.182. The second-order valence-electron chi connectivity index (χ2n) is 4.77. The molecule has 1 aromatic carbocycles. The largest absolute Gasteiger partial charge is 0.493 e. The topological polar surface area (TPSA) is 57.9 Å². The number of hydrogen-bond acceptors (Lipinski definition) is 5. The molecule has 1 heterocycles. The summed E-state index contributed by atoms with van der Waals surface area (Å²) in [6.07, 6.45) is 3.91. The van der Waals surface area contributed by atoms with Gasteiger partial charge in [0.25, 0.3) is 0 Å². The lowest BCUT2D eigenvalue weighted by Crippen LogP contribution is -2.00. The molecule has 0 radical (unpaired) electrons. The Labute approximate surface area is 135 Å². The highest BCUT2D eigenvalue weighted by atomic mass is 16.5. The molecule has 0 spiro atoms. The summed E-state index contributed by atoms with van der Waals surface area (Å²) in [6, 6.07) is 6.96. The van der Waals surface area contributed by atoms with Crippen molar-refractivity contribution in [2.24, 2.45) is 0 Å². The second kappa shape index (κ2) is 7.54. The summed E-state index contributed by atoms with van der Waals surface area (Å²) < 4.78 is 21.3. The van der Waals surface area contributed by atoms with E-state index in [1.807, 2.05) is 19.1 Å². The number of benzene rings is 1. The van der Waals surface area contributed by atoms with Crippen molar-refractivity contribution >= 4 is 11.9 Å². The van der Waals surface area contributed by atoms with Gasteiger partial charge in [-0.25, -0.2) is 0 Å². The zero-order valence-corrected chi connectivity index (χ0v) is 13.7. The molecular formula is C18H20O5. The number of ketones is 1. The fraction of sp³-hybridized carbons (Fsp3) is 0.278. The molecule has 0 saturated carbocycles. The smallest absolute Gasteiger partial charge is 0.203 e. The van der Waals surface area contributed by atoms with E-state index < -0.39 is 0 Å². The van der Waals surface area contributed by atoms with Crippen LogP contribution in [0, 0.1) is 0 Å². The van der Waals surface area contributed by atoms with Crippen molar-refractivity contribution in [1.29, 1.82) is 0 Å². The summed E-state index contributed by atoms with van der Waals surface area (Å²) in [7, 11) is 4.54. The van der Waals surface area contributed by atoms with Crippen LogP contribution in [0.1, 0.15) is 28.8 Å². The predicted octanol–water partition coefficient (Wildman–Crippen LogP) is 3.76. The molecule has 0 atom stereocenters. The van der Waals surface area contributed by atoms with Gasteiger partial charge in [0.2, 0.25) is 5.75 Å². The van der Waals surface area contributed by atoms with E-state index in [1.54, 1.807) is 18.2 Å². The summed E-state index contributed by atoms with van der Waals surface area (Å²) in [5.74, 6) is 2.67. The Morgan fingerprint density at radius 2 is 1.74 bits per heavy atom. The molecule has 2 rings (SSSR count). The Kier molecular flexibility index (Phi) is 5.46. The molecule has 0 bridgehead atoms. The number of carbonyl (C=O) groups excluding carboxylic acids is 1. The third-order valence-corrected chi connectivity index (χ3v) is 3.38. The molecule has 0 unspecified atom stereocenters. The highest BCUT2D eigenvalue weighted by Crippen LogP contribution is 2.38. The van der Waals surface area contributed by atoms with E-state index in [0.717, 1.165) is 12.2 Å². The maximum atomic E-state index is 12.3. The van der Waals surface area contributed by atoms with E-state index in [2.05, 4.69) is 0 Å². The standard InChI is InChI=1S/C18H20O5/c1-5-13-6-7-14(23-13)8-9-15(19)12-10-16(20-2)18(22-4)17(11-12)21-3/h6-11H,5H2,1-4H3. The quantitative estimate of drug-likeness (QED) is 0.575. The summed E-state index contributed by atoms with van der Waals surface area (Å²) in [5, 5.41) is 0. The monoisotopic (exact) mass is 316 g/mol. The minimum absolute atomic E-state index is 0.182. The lowest BCUT2D eigenvalue weighted by Gasteiger charge is -2.13. The maximum Gasteiger partial charge on any atom is 0.203 e. The molecule has 0 aliphatic rings. The fourth-order valence-corrected chi connectivity index (χ4v) is 2.15. The third kappa shape index (κ3) is 3.74. The average Bonchev–Trinajstić information content (AvgIpc) is 3.06. The van der Waals surface area contributed by atoms with Crippen LogP contribution < -0.4 is 14.2 Å². The number of rotatable bonds is 7. The van der Waals surface area contributed by atoms with Gasteiger partial charge in [-0.1, -0.05) is 6.92 Å². The Morgan fingerprint density at radius 3 is 2.22 bits per heavy atom. The molecule has 0 N–H and O–H groups in total. The number of allylic oxidation sites excluding steroid dienone is 1. The van der Waals surface area contributed by atoms with Crippen LogP contribution >= 0.6 is 0 Å². The summed E-state index contributed by atoms with van der Waals surface area (Å²) in [6.45, 7) is 2.01. The lowest BCUT2D eigenvalue weighted by molar-refractivity contribution is 0.104. The molecular weight excluding hydrogens is 296 g/mol. The van der Waals surface area contributed by atoms with Crippen LogP contribution in [0.15, 0.2) is 34.8 Å². The first-order valence-electron chi connectivity index (χ1n) is 7.24. The Hall–Kier alpha value is -2.69. The third-order valence-electron chi connectivity index (χ3n) is 3.38. The van der Waals surface area contributed by atoms with Crippen LogP contribution in [-0.4, -0.2) is 27.1 Å². The van der Waals surface area contributed by atoms with E-state index >= 15 is 0 Å². The van der Waals surface area contributed by atoms with Gasteiger partial charge in [-0.3, -0.25) is 4.79 Å². The Balaban J connectivity index is 2.28. The summed E-state index contributed by atoms with van der Waals surface area (Å²) in [4.78, 5) is 12.3. The first-order valence-corrected chi connectivity index (χ1v) is 7.24. The molecule has 0 aliphatic carbocycles. The molecule has 0 saturated heterocycles. The number of carbonyl (C=O) groups is 1. The fourth-order valence-electron chi connectivity index (χ4n) is 2.15. The van der Waals surface area contributed by atoms with Crippen LogP contribution in [0.3, 0.4) is 0 Å². The van der Waals surface area contributed by atoms with Crippen molar-refractivity contribution in [2.45, 2.75) is 13.3 Å².